The second kappa shape index (κ2) is 14.8. The van der Waals surface area contributed by atoms with Crippen LogP contribution in [-0.2, 0) is 26.2 Å². The van der Waals surface area contributed by atoms with Gasteiger partial charge in [0.05, 0.1) is 20.6 Å². The molecule has 0 aromatic heterocycles. The Hall–Kier alpha value is -2.78. The number of hydrogen-bond donors (Lipinski definition) is 1. The molecule has 2 amide bonds. The molecule has 43 heavy (non-hydrogen) atoms. The summed E-state index contributed by atoms with van der Waals surface area (Å²) < 4.78 is 29.0. The van der Waals surface area contributed by atoms with E-state index >= 15 is 0 Å². The van der Waals surface area contributed by atoms with Crippen LogP contribution in [0.2, 0.25) is 15.1 Å². The predicted octanol–water partition coefficient (Wildman–Crippen LogP) is 7.41. The molecule has 230 valence electrons. The zero-order chi connectivity index (χ0) is 31.1. The highest BCUT2D eigenvalue weighted by Crippen LogP contribution is 2.28. The summed E-state index contributed by atoms with van der Waals surface area (Å²) in [5.41, 5.74) is 1.83. The van der Waals surface area contributed by atoms with Gasteiger partial charge >= 0.3 is 0 Å². The number of carbonyl (C=O) groups is 2. The van der Waals surface area contributed by atoms with E-state index < -0.39 is 28.5 Å². The standard InChI is InChI=1S/C32H36Cl3N3O4S/c1-3-30(32(40)36-25-7-5-4-6-8-25)37(20-23-11-18-28(34)29(35)19-23)31(39)21-38(26-14-12-24(33)13-15-26)43(41,42)27-16-9-22(2)10-17-27/h9-19,25,30H,3-8,20-21H2,1-2H3,(H,36,40)/t30-/m1/s1. The summed E-state index contributed by atoms with van der Waals surface area (Å²) >= 11 is 18.5. The molecule has 0 heterocycles. The van der Waals surface area contributed by atoms with Gasteiger partial charge in [-0.2, -0.15) is 0 Å². The molecule has 1 N–H and O–H groups in total. The molecule has 7 nitrogen and oxygen atoms in total. The maximum absolute atomic E-state index is 14.2. The lowest BCUT2D eigenvalue weighted by Crippen LogP contribution is -2.54. The first-order valence-corrected chi connectivity index (χ1v) is 17.0. The van der Waals surface area contributed by atoms with Gasteiger partial charge in [-0.3, -0.25) is 13.9 Å². The number of sulfonamides is 1. The van der Waals surface area contributed by atoms with Gasteiger partial charge in [0.15, 0.2) is 0 Å². The van der Waals surface area contributed by atoms with Crippen LogP contribution < -0.4 is 9.62 Å². The van der Waals surface area contributed by atoms with Crippen LogP contribution >= 0.6 is 34.8 Å². The fourth-order valence-electron chi connectivity index (χ4n) is 5.27. The summed E-state index contributed by atoms with van der Waals surface area (Å²) in [6.07, 6.45) is 5.34. The second-order valence-corrected chi connectivity index (χ2v) is 14.0. The first-order valence-electron chi connectivity index (χ1n) is 14.4. The molecule has 0 unspecified atom stereocenters. The van der Waals surface area contributed by atoms with Crippen molar-refractivity contribution in [3.63, 3.8) is 0 Å². The lowest BCUT2D eigenvalue weighted by Gasteiger charge is -2.34. The van der Waals surface area contributed by atoms with Crippen LogP contribution in [0.4, 0.5) is 5.69 Å². The maximum atomic E-state index is 14.2. The van der Waals surface area contributed by atoms with Crippen LogP contribution in [0.1, 0.15) is 56.6 Å². The number of benzene rings is 3. The maximum Gasteiger partial charge on any atom is 0.264 e. The minimum atomic E-state index is -4.17. The zero-order valence-electron chi connectivity index (χ0n) is 24.2. The largest absolute Gasteiger partial charge is 0.352 e. The number of anilines is 1. The monoisotopic (exact) mass is 663 g/mol. The van der Waals surface area contributed by atoms with Crippen LogP contribution in [0.25, 0.3) is 0 Å². The van der Waals surface area contributed by atoms with E-state index in [1.807, 2.05) is 13.8 Å². The molecule has 0 bridgehead atoms. The Labute approximate surface area is 269 Å². The van der Waals surface area contributed by atoms with Gasteiger partial charge < -0.3 is 10.2 Å². The van der Waals surface area contributed by atoms with Gasteiger partial charge in [-0.05, 0) is 80.3 Å². The quantitative estimate of drug-likeness (QED) is 0.231. The van der Waals surface area contributed by atoms with Crippen molar-refractivity contribution in [2.45, 2.75) is 75.9 Å². The summed E-state index contributed by atoms with van der Waals surface area (Å²) in [4.78, 5) is 29.4. The van der Waals surface area contributed by atoms with Gasteiger partial charge in [0.25, 0.3) is 10.0 Å². The molecule has 0 radical (unpaired) electrons. The highest BCUT2D eigenvalue weighted by molar-refractivity contribution is 7.92. The van der Waals surface area contributed by atoms with Gasteiger partial charge in [-0.15, -0.1) is 0 Å². The van der Waals surface area contributed by atoms with E-state index in [1.54, 1.807) is 54.6 Å². The van der Waals surface area contributed by atoms with Crippen molar-refractivity contribution >= 4 is 62.3 Å². The molecule has 0 spiro atoms. The van der Waals surface area contributed by atoms with E-state index in [9.17, 15) is 18.0 Å². The third kappa shape index (κ3) is 8.44. The molecule has 0 aliphatic heterocycles. The number of hydrogen-bond acceptors (Lipinski definition) is 4. The Balaban J connectivity index is 1.71. The van der Waals surface area contributed by atoms with Crippen molar-refractivity contribution in [1.82, 2.24) is 10.2 Å². The summed E-state index contributed by atoms with van der Waals surface area (Å²) in [5, 5.41) is 4.24. The third-order valence-corrected chi connectivity index (χ3v) is 10.5. The number of nitrogens with one attached hydrogen (secondary N) is 1. The molecular weight excluding hydrogens is 629 g/mol. The Morgan fingerprint density at radius 3 is 2.16 bits per heavy atom. The summed E-state index contributed by atoms with van der Waals surface area (Å²) in [6.45, 7) is 3.19. The SMILES string of the molecule is CC[C@H](C(=O)NC1CCCCC1)N(Cc1ccc(Cl)c(Cl)c1)C(=O)CN(c1ccc(Cl)cc1)S(=O)(=O)c1ccc(C)cc1. The van der Waals surface area contributed by atoms with Crippen LogP contribution in [0.3, 0.4) is 0 Å². The van der Waals surface area contributed by atoms with Gasteiger partial charge in [0, 0.05) is 17.6 Å². The molecule has 1 aliphatic carbocycles. The summed E-state index contributed by atoms with van der Waals surface area (Å²) in [5.74, 6) is -0.801. The van der Waals surface area contributed by atoms with Crippen molar-refractivity contribution < 1.29 is 18.0 Å². The predicted molar refractivity (Wildman–Crippen MR) is 173 cm³/mol. The van der Waals surface area contributed by atoms with E-state index in [0.717, 1.165) is 42.0 Å². The number of halogens is 3. The van der Waals surface area contributed by atoms with Crippen molar-refractivity contribution in [3.8, 4) is 0 Å². The van der Waals surface area contributed by atoms with E-state index in [1.165, 1.54) is 17.0 Å². The van der Waals surface area contributed by atoms with Gasteiger partial charge in [-0.1, -0.05) is 84.8 Å². The fraction of sp³-hybridized carbons (Fsp3) is 0.375. The van der Waals surface area contributed by atoms with Crippen molar-refractivity contribution in [2.75, 3.05) is 10.8 Å². The molecule has 4 rings (SSSR count). The molecule has 1 atom stereocenters. The normalized spacial score (nSPS) is 14.6. The molecule has 1 aliphatic rings. The zero-order valence-corrected chi connectivity index (χ0v) is 27.3. The Kier molecular flexibility index (Phi) is 11.4. The summed E-state index contributed by atoms with van der Waals surface area (Å²) in [7, 11) is -4.17. The van der Waals surface area contributed by atoms with Crippen molar-refractivity contribution in [2.24, 2.45) is 0 Å². The number of aryl methyl sites for hydroxylation is 1. The molecule has 3 aromatic rings. The molecule has 0 saturated heterocycles. The van der Waals surface area contributed by atoms with E-state index in [4.69, 9.17) is 34.8 Å². The minimum absolute atomic E-state index is 0.0331. The van der Waals surface area contributed by atoms with Gasteiger partial charge in [0.1, 0.15) is 12.6 Å². The first kappa shape index (κ1) is 33.1. The topological polar surface area (TPSA) is 86.8 Å². The van der Waals surface area contributed by atoms with E-state index in [2.05, 4.69) is 5.32 Å². The molecule has 1 fully saturated rings. The lowest BCUT2D eigenvalue weighted by atomic mass is 9.95. The third-order valence-electron chi connectivity index (χ3n) is 7.68. The van der Waals surface area contributed by atoms with Crippen LogP contribution in [0.15, 0.2) is 71.6 Å². The second-order valence-electron chi connectivity index (χ2n) is 10.8. The van der Waals surface area contributed by atoms with Crippen molar-refractivity contribution in [3.05, 3.63) is 92.9 Å². The number of nitrogens with zero attached hydrogens (tertiary/aromatic N) is 2. The first-order chi connectivity index (χ1) is 20.5. The van der Waals surface area contributed by atoms with E-state index in [-0.39, 0.29) is 29.1 Å². The number of rotatable bonds is 11. The molecule has 1 saturated carbocycles. The van der Waals surface area contributed by atoms with Crippen LogP contribution in [-0.4, -0.2) is 43.8 Å². The molecule has 11 heteroatoms. The van der Waals surface area contributed by atoms with Crippen molar-refractivity contribution in [1.29, 1.82) is 0 Å². The minimum Gasteiger partial charge on any atom is -0.352 e. The highest BCUT2D eigenvalue weighted by Gasteiger charge is 2.34. The lowest BCUT2D eigenvalue weighted by molar-refractivity contribution is -0.140. The summed E-state index contributed by atoms with van der Waals surface area (Å²) in [6, 6.07) is 16.9. The van der Waals surface area contributed by atoms with Gasteiger partial charge in [0.2, 0.25) is 11.8 Å². The highest BCUT2D eigenvalue weighted by atomic mass is 35.5. The number of carbonyl (C=O) groups excluding carboxylic acids is 2. The Bertz CT molecular complexity index is 1530. The fourth-order valence-corrected chi connectivity index (χ4v) is 7.13. The van der Waals surface area contributed by atoms with Gasteiger partial charge in [-0.25, -0.2) is 8.42 Å². The van der Waals surface area contributed by atoms with Crippen LogP contribution in [0, 0.1) is 6.92 Å². The van der Waals surface area contributed by atoms with Crippen LogP contribution in [0.5, 0.6) is 0 Å². The molecule has 3 aromatic carbocycles. The average Bonchev–Trinajstić information content (AvgIpc) is 2.98. The van der Waals surface area contributed by atoms with E-state index in [0.29, 0.717) is 27.1 Å². The number of amides is 2. The average molecular weight is 665 g/mol. The Morgan fingerprint density at radius 2 is 1.56 bits per heavy atom. The Morgan fingerprint density at radius 1 is 0.907 bits per heavy atom. The smallest absolute Gasteiger partial charge is 0.264 e. The molecular formula is C32H36Cl3N3O4S.